The van der Waals surface area contributed by atoms with Crippen LogP contribution in [0.1, 0.15) is 23.0 Å². The van der Waals surface area contributed by atoms with Crippen molar-refractivity contribution in [1.29, 1.82) is 0 Å². The van der Waals surface area contributed by atoms with Gasteiger partial charge in [-0.25, -0.2) is 0 Å². The quantitative estimate of drug-likeness (QED) is 0.741. The molecule has 0 fully saturated rings. The number of ketones is 1. The Bertz CT molecular complexity index is 459. The summed E-state index contributed by atoms with van der Waals surface area (Å²) in [6, 6.07) is 12.7. The number of rotatable bonds is 5. The molecule has 0 aliphatic rings. The average Bonchev–Trinajstić information content (AvgIpc) is 2.89. The van der Waals surface area contributed by atoms with Gasteiger partial charge in [0.1, 0.15) is 18.5 Å². The monoisotopic (exact) mass is 230 g/mol. The summed E-state index contributed by atoms with van der Waals surface area (Å²) in [5.41, 5.74) is 0.666. The molecule has 0 saturated heterocycles. The van der Waals surface area contributed by atoms with Crippen molar-refractivity contribution in [1.82, 2.24) is 0 Å². The van der Waals surface area contributed by atoms with Crippen LogP contribution in [0.3, 0.4) is 0 Å². The van der Waals surface area contributed by atoms with Crippen molar-refractivity contribution in [3.8, 4) is 0 Å². The Kier molecular flexibility index (Phi) is 3.73. The smallest absolute Gasteiger partial charge is 0.191 e. The third-order valence-electron chi connectivity index (χ3n) is 2.48. The number of carbonyl (C=O) groups is 1. The SMILES string of the molecule is CC(OCc1ccco1)C(=O)c1ccccc1. The first-order valence-electron chi connectivity index (χ1n) is 5.50. The van der Waals surface area contributed by atoms with Crippen molar-refractivity contribution < 1.29 is 13.9 Å². The molecule has 1 unspecified atom stereocenters. The van der Waals surface area contributed by atoms with Gasteiger partial charge < -0.3 is 9.15 Å². The van der Waals surface area contributed by atoms with E-state index < -0.39 is 6.10 Å². The fourth-order valence-electron chi connectivity index (χ4n) is 1.51. The zero-order valence-electron chi connectivity index (χ0n) is 9.63. The van der Waals surface area contributed by atoms with Gasteiger partial charge in [0.05, 0.1) is 6.26 Å². The molecule has 1 atom stereocenters. The Morgan fingerprint density at radius 1 is 1.24 bits per heavy atom. The van der Waals surface area contributed by atoms with Crippen LogP contribution in [-0.4, -0.2) is 11.9 Å². The van der Waals surface area contributed by atoms with Crippen LogP contribution in [0.15, 0.2) is 53.1 Å². The lowest BCUT2D eigenvalue weighted by Gasteiger charge is -2.10. The average molecular weight is 230 g/mol. The standard InChI is InChI=1S/C14H14O3/c1-11(17-10-13-8-5-9-16-13)14(15)12-6-3-2-4-7-12/h2-9,11H,10H2,1H3. The summed E-state index contributed by atoms with van der Waals surface area (Å²) in [6.45, 7) is 2.06. The molecule has 0 aliphatic heterocycles. The summed E-state index contributed by atoms with van der Waals surface area (Å²) in [5, 5.41) is 0. The lowest BCUT2D eigenvalue weighted by atomic mass is 10.1. The van der Waals surface area contributed by atoms with E-state index in [1.165, 1.54) is 0 Å². The van der Waals surface area contributed by atoms with E-state index >= 15 is 0 Å². The summed E-state index contributed by atoms with van der Waals surface area (Å²) in [6.07, 6.45) is 1.12. The van der Waals surface area contributed by atoms with Crippen molar-refractivity contribution in [2.75, 3.05) is 0 Å². The number of hydrogen-bond acceptors (Lipinski definition) is 3. The maximum atomic E-state index is 11.9. The van der Waals surface area contributed by atoms with Crippen LogP contribution in [0, 0.1) is 0 Å². The maximum absolute atomic E-state index is 11.9. The highest BCUT2D eigenvalue weighted by Crippen LogP contribution is 2.09. The third kappa shape index (κ3) is 3.04. The molecule has 88 valence electrons. The van der Waals surface area contributed by atoms with E-state index in [0.717, 1.165) is 5.76 Å². The second kappa shape index (κ2) is 5.46. The van der Waals surface area contributed by atoms with Crippen molar-refractivity contribution in [3.63, 3.8) is 0 Å². The van der Waals surface area contributed by atoms with Crippen LogP contribution in [0.4, 0.5) is 0 Å². The fraction of sp³-hybridized carbons (Fsp3) is 0.214. The van der Waals surface area contributed by atoms with E-state index in [-0.39, 0.29) is 5.78 Å². The lowest BCUT2D eigenvalue weighted by Crippen LogP contribution is -2.20. The Morgan fingerprint density at radius 3 is 2.65 bits per heavy atom. The Labute approximate surface area is 100 Å². The molecule has 1 aromatic carbocycles. The molecule has 2 aromatic rings. The topological polar surface area (TPSA) is 39.4 Å². The van der Waals surface area contributed by atoms with E-state index in [9.17, 15) is 4.79 Å². The summed E-state index contributed by atoms with van der Waals surface area (Å²) in [5.74, 6) is 0.704. The molecule has 0 N–H and O–H groups in total. The summed E-state index contributed by atoms with van der Waals surface area (Å²) in [7, 11) is 0. The second-order valence-electron chi connectivity index (χ2n) is 3.76. The van der Waals surface area contributed by atoms with E-state index in [1.807, 2.05) is 24.3 Å². The van der Waals surface area contributed by atoms with E-state index in [0.29, 0.717) is 12.2 Å². The molecule has 0 aliphatic carbocycles. The molecule has 17 heavy (non-hydrogen) atoms. The van der Waals surface area contributed by atoms with Crippen molar-refractivity contribution in [2.45, 2.75) is 19.6 Å². The van der Waals surface area contributed by atoms with Crippen LogP contribution >= 0.6 is 0 Å². The zero-order chi connectivity index (χ0) is 12.1. The van der Waals surface area contributed by atoms with Crippen molar-refractivity contribution >= 4 is 5.78 Å². The molecule has 0 amide bonds. The summed E-state index contributed by atoms with van der Waals surface area (Å²) < 4.78 is 10.6. The van der Waals surface area contributed by atoms with Gasteiger partial charge in [-0.3, -0.25) is 4.79 Å². The van der Waals surface area contributed by atoms with E-state index in [4.69, 9.17) is 9.15 Å². The highest BCUT2D eigenvalue weighted by molar-refractivity contribution is 5.99. The number of benzene rings is 1. The number of Topliss-reactive ketones (excluding diaryl/α,β-unsaturated/α-hetero) is 1. The minimum absolute atomic E-state index is 0.0165. The van der Waals surface area contributed by atoms with Gasteiger partial charge in [-0.2, -0.15) is 0 Å². The van der Waals surface area contributed by atoms with Crippen LogP contribution in [-0.2, 0) is 11.3 Å². The molecule has 1 aromatic heterocycles. The van der Waals surface area contributed by atoms with Gasteiger partial charge in [-0.05, 0) is 19.1 Å². The van der Waals surface area contributed by atoms with E-state index in [1.54, 1.807) is 31.4 Å². The number of ether oxygens (including phenoxy) is 1. The minimum atomic E-state index is -0.470. The number of furan rings is 1. The van der Waals surface area contributed by atoms with Gasteiger partial charge in [-0.1, -0.05) is 30.3 Å². The van der Waals surface area contributed by atoms with Gasteiger partial charge in [0.15, 0.2) is 5.78 Å². The largest absolute Gasteiger partial charge is 0.467 e. The molecule has 1 heterocycles. The van der Waals surface area contributed by atoms with Gasteiger partial charge >= 0.3 is 0 Å². The molecular weight excluding hydrogens is 216 g/mol. The maximum Gasteiger partial charge on any atom is 0.191 e. The van der Waals surface area contributed by atoms with Gasteiger partial charge in [0.2, 0.25) is 0 Å². The van der Waals surface area contributed by atoms with Crippen molar-refractivity contribution in [3.05, 3.63) is 60.1 Å². The first kappa shape index (κ1) is 11.6. The highest BCUT2D eigenvalue weighted by Gasteiger charge is 2.15. The number of carbonyl (C=O) groups excluding carboxylic acids is 1. The Hall–Kier alpha value is -1.87. The van der Waals surface area contributed by atoms with Gasteiger partial charge in [0, 0.05) is 5.56 Å². The first-order valence-corrected chi connectivity index (χ1v) is 5.50. The van der Waals surface area contributed by atoms with E-state index in [2.05, 4.69) is 0 Å². The lowest BCUT2D eigenvalue weighted by molar-refractivity contribution is 0.0357. The molecular formula is C14H14O3. The second-order valence-corrected chi connectivity index (χ2v) is 3.76. The van der Waals surface area contributed by atoms with Crippen LogP contribution in [0.25, 0.3) is 0 Å². The Balaban J connectivity index is 1.92. The van der Waals surface area contributed by atoms with Crippen LogP contribution in [0.5, 0.6) is 0 Å². The van der Waals surface area contributed by atoms with Crippen LogP contribution in [0.2, 0.25) is 0 Å². The fourth-order valence-corrected chi connectivity index (χ4v) is 1.51. The highest BCUT2D eigenvalue weighted by atomic mass is 16.5. The predicted molar refractivity (Wildman–Crippen MR) is 63.7 cm³/mol. The summed E-state index contributed by atoms with van der Waals surface area (Å²) >= 11 is 0. The molecule has 0 bridgehead atoms. The number of hydrogen-bond donors (Lipinski definition) is 0. The molecule has 2 rings (SSSR count). The van der Waals surface area contributed by atoms with Gasteiger partial charge in [0.25, 0.3) is 0 Å². The van der Waals surface area contributed by atoms with Gasteiger partial charge in [-0.15, -0.1) is 0 Å². The molecule has 3 heteroatoms. The molecule has 0 spiro atoms. The molecule has 0 saturated carbocycles. The zero-order valence-corrected chi connectivity index (χ0v) is 9.63. The normalized spacial score (nSPS) is 12.3. The Morgan fingerprint density at radius 2 is 2.00 bits per heavy atom. The third-order valence-corrected chi connectivity index (χ3v) is 2.48. The minimum Gasteiger partial charge on any atom is -0.467 e. The van der Waals surface area contributed by atoms with Crippen LogP contribution < -0.4 is 0 Å². The molecule has 3 nitrogen and oxygen atoms in total. The van der Waals surface area contributed by atoms with Crippen molar-refractivity contribution in [2.24, 2.45) is 0 Å². The molecule has 0 radical (unpaired) electrons. The first-order chi connectivity index (χ1) is 8.27. The summed E-state index contributed by atoms with van der Waals surface area (Å²) in [4.78, 5) is 11.9. The predicted octanol–water partition coefficient (Wildman–Crippen LogP) is 3.07.